The van der Waals surface area contributed by atoms with E-state index in [1.54, 1.807) is 16.8 Å². The molecule has 0 aliphatic carbocycles. The molecule has 0 amide bonds. The molecule has 2 aromatic rings. The average molecular weight is 318 g/mol. The molecule has 0 saturated heterocycles. The fourth-order valence-electron chi connectivity index (χ4n) is 1.26. The molecule has 1 heterocycles. The molecule has 6 heteroatoms. The lowest BCUT2D eigenvalue weighted by Crippen LogP contribution is -2.09. The van der Waals surface area contributed by atoms with Gasteiger partial charge in [-0.1, -0.05) is 11.6 Å². The lowest BCUT2D eigenvalue weighted by atomic mass is 10.3. The van der Waals surface area contributed by atoms with Gasteiger partial charge in [0.15, 0.2) is 4.77 Å². The molecule has 1 aromatic heterocycles. The molecule has 82 valence electrons. The molecule has 0 unspecified atom stereocenters. The minimum atomic E-state index is -0.218. The lowest BCUT2D eigenvalue weighted by molar-refractivity contribution is 0.937. The van der Waals surface area contributed by atoms with Gasteiger partial charge in [0, 0.05) is 22.4 Å². The second kappa shape index (κ2) is 4.53. The molecule has 1 N–H and O–H groups in total. The summed E-state index contributed by atoms with van der Waals surface area (Å²) >= 11 is 14.3. The SMILES string of the molecule is O=c1ccn(-c2ccc(Br)c(Cl)c2)c(=S)[nH]1. The summed E-state index contributed by atoms with van der Waals surface area (Å²) in [5, 5.41) is 0.589. The second-order valence-corrected chi connectivity index (χ2v) is 4.73. The monoisotopic (exact) mass is 316 g/mol. The molecular formula is C10H6BrClN2OS. The largest absolute Gasteiger partial charge is 0.299 e. The number of nitrogens with zero attached hydrogens (tertiary/aromatic N) is 1. The molecule has 2 rings (SSSR count). The minimum absolute atomic E-state index is 0.218. The van der Waals surface area contributed by atoms with E-state index < -0.39 is 0 Å². The summed E-state index contributed by atoms with van der Waals surface area (Å²) in [6, 6.07) is 6.85. The highest BCUT2D eigenvalue weighted by atomic mass is 79.9. The number of aromatic amines is 1. The van der Waals surface area contributed by atoms with Gasteiger partial charge in [0.2, 0.25) is 0 Å². The van der Waals surface area contributed by atoms with Gasteiger partial charge < -0.3 is 0 Å². The Bertz CT molecular complexity index is 650. The number of hydrogen-bond acceptors (Lipinski definition) is 2. The number of nitrogens with one attached hydrogen (secondary N) is 1. The summed E-state index contributed by atoms with van der Waals surface area (Å²) < 4.78 is 2.83. The third kappa shape index (κ3) is 2.26. The van der Waals surface area contributed by atoms with Crippen LogP contribution >= 0.6 is 39.7 Å². The van der Waals surface area contributed by atoms with E-state index in [9.17, 15) is 4.79 Å². The third-order valence-corrected chi connectivity index (χ3v) is 3.54. The number of aromatic nitrogens is 2. The Morgan fingerprint density at radius 2 is 2.12 bits per heavy atom. The van der Waals surface area contributed by atoms with Crippen molar-refractivity contribution in [1.82, 2.24) is 9.55 Å². The summed E-state index contributed by atoms with van der Waals surface area (Å²) in [6.07, 6.45) is 1.61. The molecule has 1 aromatic carbocycles. The summed E-state index contributed by atoms with van der Waals surface area (Å²) in [5.41, 5.74) is 0.582. The standard InChI is InChI=1S/C10H6BrClN2OS/c11-7-2-1-6(5-8(7)12)14-4-3-9(15)13-10(14)16/h1-5H,(H,13,15,16). The van der Waals surface area contributed by atoms with Crippen molar-refractivity contribution in [3.05, 3.63) is 55.1 Å². The number of halogens is 2. The molecule has 0 bridgehead atoms. The van der Waals surface area contributed by atoms with Gasteiger partial charge in [-0.15, -0.1) is 0 Å². The topological polar surface area (TPSA) is 37.8 Å². The number of benzene rings is 1. The highest BCUT2D eigenvalue weighted by Gasteiger charge is 2.01. The molecule has 0 fully saturated rings. The smallest absolute Gasteiger partial charge is 0.251 e. The molecule has 0 aliphatic rings. The fraction of sp³-hybridized carbons (Fsp3) is 0. The van der Waals surface area contributed by atoms with E-state index in [4.69, 9.17) is 23.8 Å². The Labute approximate surface area is 110 Å². The summed E-state index contributed by atoms with van der Waals surface area (Å²) in [5.74, 6) is 0. The minimum Gasteiger partial charge on any atom is -0.299 e. The highest BCUT2D eigenvalue weighted by Crippen LogP contribution is 2.24. The molecule has 0 radical (unpaired) electrons. The van der Waals surface area contributed by atoms with Crippen molar-refractivity contribution >= 4 is 39.7 Å². The van der Waals surface area contributed by atoms with Gasteiger partial charge in [0.05, 0.1) is 5.02 Å². The summed E-state index contributed by atoms with van der Waals surface area (Å²) in [6.45, 7) is 0. The predicted octanol–water partition coefficient (Wildman–Crippen LogP) is 3.31. The number of hydrogen-bond donors (Lipinski definition) is 1. The van der Waals surface area contributed by atoms with Crippen LogP contribution in [0.3, 0.4) is 0 Å². The van der Waals surface area contributed by atoms with E-state index in [0.717, 1.165) is 10.2 Å². The molecule has 16 heavy (non-hydrogen) atoms. The van der Waals surface area contributed by atoms with Gasteiger partial charge in [-0.25, -0.2) is 0 Å². The van der Waals surface area contributed by atoms with Crippen LogP contribution in [0.15, 0.2) is 39.7 Å². The zero-order valence-corrected chi connectivity index (χ0v) is 11.1. The van der Waals surface area contributed by atoms with Gasteiger partial charge in [-0.3, -0.25) is 14.3 Å². The Morgan fingerprint density at radius 3 is 2.75 bits per heavy atom. The van der Waals surface area contributed by atoms with Crippen molar-refractivity contribution in [1.29, 1.82) is 0 Å². The van der Waals surface area contributed by atoms with Crippen LogP contribution in [0.4, 0.5) is 0 Å². The number of rotatable bonds is 1. The molecule has 0 atom stereocenters. The molecule has 0 spiro atoms. The maximum absolute atomic E-state index is 11.0. The van der Waals surface area contributed by atoms with Gasteiger partial charge in [-0.05, 0) is 46.3 Å². The van der Waals surface area contributed by atoms with Gasteiger partial charge in [0.25, 0.3) is 5.56 Å². The Balaban J connectivity index is 2.63. The van der Waals surface area contributed by atoms with Gasteiger partial charge in [0.1, 0.15) is 0 Å². The van der Waals surface area contributed by atoms with Crippen molar-refractivity contribution < 1.29 is 0 Å². The van der Waals surface area contributed by atoms with Crippen LogP contribution in [0.2, 0.25) is 5.02 Å². The predicted molar refractivity (Wildman–Crippen MR) is 69.9 cm³/mol. The molecule has 0 aliphatic heterocycles. The fourth-order valence-corrected chi connectivity index (χ4v) is 1.94. The normalized spacial score (nSPS) is 10.4. The van der Waals surface area contributed by atoms with Crippen molar-refractivity contribution in [3.8, 4) is 5.69 Å². The molecule has 0 saturated carbocycles. The van der Waals surface area contributed by atoms with Crippen LogP contribution in [0.5, 0.6) is 0 Å². The van der Waals surface area contributed by atoms with Gasteiger partial charge >= 0.3 is 0 Å². The van der Waals surface area contributed by atoms with Crippen molar-refractivity contribution in [3.63, 3.8) is 0 Å². The average Bonchev–Trinajstić information content (AvgIpc) is 2.22. The Morgan fingerprint density at radius 1 is 1.38 bits per heavy atom. The van der Waals surface area contributed by atoms with Crippen LogP contribution in [0, 0.1) is 4.77 Å². The first-order valence-corrected chi connectivity index (χ1v) is 5.93. The van der Waals surface area contributed by atoms with E-state index >= 15 is 0 Å². The van der Waals surface area contributed by atoms with E-state index in [0.29, 0.717) is 9.79 Å². The van der Waals surface area contributed by atoms with Crippen molar-refractivity contribution in [2.45, 2.75) is 0 Å². The maximum atomic E-state index is 11.0. The summed E-state index contributed by atoms with van der Waals surface area (Å²) in [4.78, 5) is 13.6. The first kappa shape index (κ1) is 11.6. The Kier molecular flexibility index (Phi) is 3.28. The van der Waals surface area contributed by atoms with E-state index in [1.807, 2.05) is 12.1 Å². The molecule has 3 nitrogen and oxygen atoms in total. The first-order valence-electron chi connectivity index (χ1n) is 4.35. The zero-order chi connectivity index (χ0) is 11.7. The number of H-pyrrole nitrogens is 1. The second-order valence-electron chi connectivity index (χ2n) is 3.08. The van der Waals surface area contributed by atoms with Crippen LogP contribution in [0.25, 0.3) is 5.69 Å². The Hall–Kier alpha value is -0.910. The van der Waals surface area contributed by atoms with Crippen LogP contribution < -0.4 is 5.56 Å². The van der Waals surface area contributed by atoms with Crippen molar-refractivity contribution in [2.24, 2.45) is 0 Å². The first-order chi connectivity index (χ1) is 7.58. The van der Waals surface area contributed by atoms with E-state index in [1.165, 1.54) is 6.07 Å². The third-order valence-electron chi connectivity index (χ3n) is 2.01. The summed E-state index contributed by atoms with van der Waals surface area (Å²) in [7, 11) is 0. The maximum Gasteiger partial charge on any atom is 0.251 e. The zero-order valence-electron chi connectivity index (χ0n) is 7.91. The van der Waals surface area contributed by atoms with Crippen LogP contribution in [-0.4, -0.2) is 9.55 Å². The molecular weight excluding hydrogens is 312 g/mol. The quantitative estimate of drug-likeness (QED) is 0.819. The van der Waals surface area contributed by atoms with Crippen LogP contribution in [0.1, 0.15) is 0 Å². The van der Waals surface area contributed by atoms with Crippen LogP contribution in [-0.2, 0) is 0 Å². The van der Waals surface area contributed by atoms with E-state index in [2.05, 4.69) is 20.9 Å². The van der Waals surface area contributed by atoms with Gasteiger partial charge in [-0.2, -0.15) is 0 Å². The van der Waals surface area contributed by atoms with Crippen molar-refractivity contribution in [2.75, 3.05) is 0 Å². The van der Waals surface area contributed by atoms with E-state index in [-0.39, 0.29) is 5.56 Å². The lowest BCUT2D eigenvalue weighted by Gasteiger charge is -2.06. The highest BCUT2D eigenvalue weighted by molar-refractivity contribution is 9.10.